The Morgan fingerprint density at radius 3 is 2.39 bits per heavy atom. The van der Waals surface area contributed by atoms with Gasteiger partial charge in [0.1, 0.15) is 5.75 Å². The number of aromatic nitrogens is 1. The van der Waals surface area contributed by atoms with Crippen LogP contribution < -0.4 is 4.74 Å². The molecular formula is C23H23ClN2O2. The molecule has 0 unspecified atom stereocenters. The Morgan fingerprint density at radius 1 is 1.04 bits per heavy atom. The first-order valence-corrected chi connectivity index (χ1v) is 9.89. The van der Waals surface area contributed by atoms with Gasteiger partial charge < -0.3 is 14.2 Å². The molecule has 4 rings (SSSR count). The molecule has 0 aliphatic carbocycles. The Kier molecular flexibility index (Phi) is 5.14. The van der Waals surface area contributed by atoms with E-state index in [2.05, 4.69) is 4.57 Å². The lowest BCUT2D eigenvalue weighted by Crippen LogP contribution is -2.27. The fourth-order valence-corrected chi connectivity index (χ4v) is 4.00. The van der Waals surface area contributed by atoms with E-state index in [1.165, 1.54) is 0 Å². The molecule has 2 heterocycles. The molecule has 1 amide bonds. The number of hydrogen-bond acceptors (Lipinski definition) is 2. The van der Waals surface area contributed by atoms with Gasteiger partial charge >= 0.3 is 0 Å². The fraction of sp³-hybridized carbons (Fsp3) is 0.261. The Bertz CT molecular complexity index is 1000. The molecule has 3 aromatic rings. The zero-order chi connectivity index (χ0) is 19.7. The van der Waals surface area contributed by atoms with E-state index in [4.69, 9.17) is 16.3 Å². The van der Waals surface area contributed by atoms with Crippen LogP contribution >= 0.6 is 11.6 Å². The second-order valence-corrected chi connectivity index (χ2v) is 7.48. The number of likely N-dealkylation sites (tertiary alicyclic amines) is 1. The topological polar surface area (TPSA) is 34.5 Å². The molecule has 0 radical (unpaired) electrons. The molecule has 1 aliphatic rings. The molecule has 1 saturated heterocycles. The normalized spacial score (nSPS) is 13.8. The van der Waals surface area contributed by atoms with Crippen LogP contribution in [0.15, 0.2) is 54.6 Å². The molecular weight excluding hydrogens is 372 g/mol. The maximum absolute atomic E-state index is 13.2. The summed E-state index contributed by atoms with van der Waals surface area (Å²) in [6.45, 7) is 3.65. The highest BCUT2D eigenvalue weighted by Crippen LogP contribution is 2.34. The van der Waals surface area contributed by atoms with Crippen molar-refractivity contribution in [2.45, 2.75) is 19.8 Å². The van der Waals surface area contributed by atoms with Crippen LogP contribution in [-0.4, -0.2) is 35.6 Å². The standard InChI is InChI=1S/C23H23ClN2O2/c1-16-19(23(27)25-13-5-6-14-25)15-21(17-9-11-18(24)12-10-17)26(16)20-7-3-4-8-22(20)28-2/h3-4,7-12,15H,5-6,13-14H2,1-2H3. The summed E-state index contributed by atoms with van der Waals surface area (Å²) in [6.07, 6.45) is 2.14. The van der Waals surface area contributed by atoms with Crippen molar-refractivity contribution in [3.8, 4) is 22.7 Å². The Morgan fingerprint density at radius 2 is 1.71 bits per heavy atom. The number of nitrogens with zero attached hydrogens (tertiary/aromatic N) is 2. The second kappa shape index (κ2) is 7.72. The van der Waals surface area contributed by atoms with Crippen LogP contribution in [-0.2, 0) is 0 Å². The highest BCUT2D eigenvalue weighted by molar-refractivity contribution is 6.30. The lowest BCUT2D eigenvalue weighted by atomic mass is 10.1. The monoisotopic (exact) mass is 394 g/mol. The van der Waals surface area contributed by atoms with E-state index in [1.807, 2.05) is 66.4 Å². The minimum atomic E-state index is 0.0962. The molecule has 144 valence electrons. The largest absolute Gasteiger partial charge is 0.495 e. The van der Waals surface area contributed by atoms with Crippen molar-refractivity contribution in [3.05, 3.63) is 70.9 Å². The molecule has 28 heavy (non-hydrogen) atoms. The first-order chi connectivity index (χ1) is 13.6. The summed E-state index contributed by atoms with van der Waals surface area (Å²) in [4.78, 5) is 15.1. The molecule has 0 spiro atoms. The average Bonchev–Trinajstić information content (AvgIpc) is 3.36. The molecule has 0 N–H and O–H groups in total. The predicted molar refractivity (Wildman–Crippen MR) is 113 cm³/mol. The van der Waals surface area contributed by atoms with Gasteiger partial charge in [0, 0.05) is 23.8 Å². The van der Waals surface area contributed by atoms with Gasteiger partial charge in [-0.1, -0.05) is 35.9 Å². The number of methoxy groups -OCH3 is 1. The van der Waals surface area contributed by atoms with Crippen LogP contribution in [0.1, 0.15) is 28.9 Å². The van der Waals surface area contributed by atoms with Gasteiger partial charge in [-0.3, -0.25) is 4.79 Å². The third-order valence-corrected chi connectivity index (χ3v) is 5.59. The van der Waals surface area contributed by atoms with Gasteiger partial charge in [-0.05, 0) is 55.7 Å². The summed E-state index contributed by atoms with van der Waals surface area (Å²) in [5, 5.41) is 0.684. The highest BCUT2D eigenvalue weighted by Gasteiger charge is 2.26. The third-order valence-electron chi connectivity index (χ3n) is 5.34. The van der Waals surface area contributed by atoms with E-state index < -0.39 is 0 Å². The van der Waals surface area contributed by atoms with Crippen LogP contribution in [0.4, 0.5) is 0 Å². The maximum atomic E-state index is 13.2. The number of ether oxygens (including phenoxy) is 1. The predicted octanol–water partition coefficient (Wildman–Crippen LogP) is 5.35. The van der Waals surface area contributed by atoms with Gasteiger partial charge in [-0.25, -0.2) is 0 Å². The van der Waals surface area contributed by atoms with Crippen molar-refractivity contribution in [1.82, 2.24) is 9.47 Å². The third kappa shape index (κ3) is 3.29. The fourth-order valence-electron chi connectivity index (χ4n) is 3.87. The lowest BCUT2D eigenvalue weighted by molar-refractivity contribution is 0.0792. The van der Waals surface area contributed by atoms with Crippen molar-refractivity contribution < 1.29 is 9.53 Å². The summed E-state index contributed by atoms with van der Waals surface area (Å²) in [6, 6.07) is 17.6. The first-order valence-electron chi connectivity index (χ1n) is 9.51. The van der Waals surface area contributed by atoms with Crippen molar-refractivity contribution in [3.63, 3.8) is 0 Å². The molecule has 5 heteroatoms. The molecule has 1 aliphatic heterocycles. The zero-order valence-electron chi connectivity index (χ0n) is 16.1. The Hall–Kier alpha value is -2.72. The smallest absolute Gasteiger partial charge is 0.255 e. The number of benzene rings is 2. The minimum Gasteiger partial charge on any atom is -0.495 e. The van der Waals surface area contributed by atoms with Crippen LogP contribution in [0.5, 0.6) is 5.75 Å². The zero-order valence-corrected chi connectivity index (χ0v) is 16.9. The van der Waals surface area contributed by atoms with E-state index in [9.17, 15) is 4.79 Å². The lowest BCUT2D eigenvalue weighted by Gasteiger charge is -2.17. The highest BCUT2D eigenvalue weighted by atomic mass is 35.5. The van der Waals surface area contributed by atoms with Gasteiger partial charge in [0.15, 0.2) is 0 Å². The van der Waals surface area contributed by atoms with Gasteiger partial charge in [-0.15, -0.1) is 0 Å². The van der Waals surface area contributed by atoms with Gasteiger partial charge in [0.05, 0.1) is 24.1 Å². The minimum absolute atomic E-state index is 0.0962. The van der Waals surface area contributed by atoms with Crippen LogP contribution in [0, 0.1) is 6.92 Å². The second-order valence-electron chi connectivity index (χ2n) is 7.04. The van der Waals surface area contributed by atoms with Crippen LogP contribution in [0.2, 0.25) is 5.02 Å². The van der Waals surface area contributed by atoms with E-state index in [1.54, 1.807) is 7.11 Å². The molecule has 0 saturated carbocycles. The number of para-hydroxylation sites is 2. The summed E-state index contributed by atoms with van der Waals surface area (Å²) in [5.41, 5.74) is 4.50. The number of amides is 1. The molecule has 2 aromatic carbocycles. The van der Waals surface area contributed by atoms with Crippen LogP contribution in [0.25, 0.3) is 16.9 Å². The number of carbonyl (C=O) groups excluding carboxylic acids is 1. The van der Waals surface area contributed by atoms with Crippen LogP contribution in [0.3, 0.4) is 0 Å². The summed E-state index contributed by atoms with van der Waals surface area (Å²) in [5.74, 6) is 0.857. The van der Waals surface area contributed by atoms with E-state index in [0.29, 0.717) is 5.02 Å². The summed E-state index contributed by atoms with van der Waals surface area (Å²) in [7, 11) is 1.66. The van der Waals surface area contributed by atoms with E-state index in [-0.39, 0.29) is 5.91 Å². The number of carbonyl (C=O) groups is 1. The van der Waals surface area contributed by atoms with Gasteiger partial charge in [-0.2, -0.15) is 0 Å². The quantitative estimate of drug-likeness (QED) is 0.597. The Balaban J connectivity index is 1.91. The molecule has 0 bridgehead atoms. The van der Waals surface area contributed by atoms with Crippen molar-refractivity contribution >= 4 is 17.5 Å². The number of halogens is 1. The summed E-state index contributed by atoms with van der Waals surface area (Å²) < 4.78 is 7.70. The van der Waals surface area contributed by atoms with Gasteiger partial charge in [0.25, 0.3) is 5.91 Å². The SMILES string of the molecule is COc1ccccc1-n1c(-c2ccc(Cl)cc2)cc(C(=O)N2CCCC2)c1C. The summed E-state index contributed by atoms with van der Waals surface area (Å²) >= 11 is 6.09. The average molecular weight is 395 g/mol. The first kappa shape index (κ1) is 18.6. The molecule has 4 nitrogen and oxygen atoms in total. The van der Waals surface area contributed by atoms with Gasteiger partial charge in [0.2, 0.25) is 0 Å². The van der Waals surface area contributed by atoms with Crippen molar-refractivity contribution in [1.29, 1.82) is 0 Å². The molecule has 0 atom stereocenters. The number of rotatable bonds is 4. The molecule has 1 aromatic heterocycles. The number of hydrogen-bond donors (Lipinski definition) is 0. The molecule has 1 fully saturated rings. The van der Waals surface area contributed by atoms with E-state index >= 15 is 0 Å². The Labute approximate surface area is 170 Å². The van der Waals surface area contributed by atoms with Crippen molar-refractivity contribution in [2.75, 3.05) is 20.2 Å². The van der Waals surface area contributed by atoms with E-state index in [0.717, 1.165) is 59.9 Å². The van der Waals surface area contributed by atoms with Crippen molar-refractivity contribution in [2.24, 2.45) is 0 Å². The maximum Gasteiger partial charge on any atom is 0.255 e.